The molecule has 3 nitrogen and oxygen atoms in total. The Bertz CT molecular complexity index is 374. The molecular weight excluding hydrogens is 215 g/mol. The molecule has 0 aliphatic heterocycles. The molecule has 0 amide bonds. The van der Waals surface area contributed by atoms with E-state index in [-0.39, 0.29) is 21.2 Å². The lowest BCUT2D eigenvalue weighted by atomic mass is 10.1. The summed E-state index contributed by atoms with van der Waals surface area (Å²) in [5, 5.41) is 8.65. The van der Waals surface area contributed by atoms with E-state index >= 15 is 0 Å². The van der Waals surface area contributed by atoms with Gasteiger partial charge in [0.25, 0.3) is 0 Å². The molecule has 0 fully saturated rings. The number of rotatable bonds is 2. The van der Waals surface area contributed by atoms with Gasteiger partial charge in [-0.3, -0.25) is 4.79 Å². The monoisotopic (exact) mass is 218 g/mol. The quantitative estimate of drug-likeness (QED) is 0.777. The van der Waals surface area contributed by atoms with Crippen molar-refractivity contribution in [1.29, 1.82) is 0 Å². The second kappa shape index (κ2) is 3.77. The van der Waals surface area contributed by atoms with E-state index in [0.717, 1.165) is 0 Å². The molecule has 0 aliphatic carbocycles. The Morgan fingerprint density at radius 3 is 2.46 bits per heavy atom. The van der Waals surface area contributed by atoms with Gasteiger partial charge in [0, 0.05) is 0 Å². The van der Waals surface area contributed by atoms with Crippen molar-refractivity contribution in [3.05, 3.63) is 33.3 Å². The third-order valence-corrected chi connectivity index (χ3v) is 2.21. The number of halogens is 2. The van der Waals surface area contributed by atoms with Gasteiger partial charge in [-0.25, -0.2) is 4.79 Å². The molecule has 1 aromatic rings. The van der Waals surface area contributed by atoms with Crippen LogP contribution in [-0.4, -0.2) is 17.4 Å². The van der Waals surface area contributed by atoms with Crippen molar-refractivity contribution in [2.45, 2.75) is 0 Å². The molecule has 0 heterocycles. The van der Waals surface area contributed by atoms with Crippen molar-refractivity contribution in [2.75, 3.05) is 0 Å². The van der Waals surface area contributed by atoms with Gasteiger partial charge in [-0.05, 0) is 12.1 Å². The Kier molecular flexibility index (Phi) is 2.90. The van der Waals surface area contributed by atoms with E-state index < -0.39 is 5.97 Å². The average Bonchev–Trinajstić information content (AvgIpc) is 2.04. The summed E-state index contributed by atoms with van der Waals surface area (Å²) < 4.78 is 0. The molecule has 5 heteroatoms. The summed E-state index contributed by atoms with van der Waals surface area (Å²) in [6.07, 6.45) is 0.428. The standard InChI is InChI=1S/C8H4Cl2O3/c9-6-2-1-4(8(12)13)7(10)5(6)3-11/h1-3H,(H,12,13). The van der Waals surface area contributed by atoms with Crippen LogP contribution in [0.2, 0.25) is 10.0 Å². The number of carbonyl (C=O) groups is 2. The maximum Gasteiger partial charge on any atom is 0.337 e. The molecule has 0 saturated heterocycles. The minimum atomic E-state index is -1.19. The zero-order valence-corrected chi connectivity index (χ0v) is 7.76. The van der Waals surface area contributed by atoms with Gasteiger partial charge < -0.3 is 5.11 Å². The maximum absolute atomic E-state index is 10.6. The predicted octanol–water partition coefficient (Wildman–Crippen LogP) is 2.50. The SMILES string of the molecule is O=Cc1c(Cl)ccc(C(=O)O)c1Cl. The molecule has 0 radical (unpaired) electrons. The number of hydrogen-bond donors (Lipinski definition) is 1. The number of carboxylic acid groups (broad SMARTS) is 1. The van der Waals surface area contributed by atoms with Gasteiger partial charge in [0.05, 0.1) is 21.2 Å². The number of aldehydes is 1. The Morgan fingerprint density at radius 1 is 1.38 bits per heavy atom. The van der Waals surface area contributed by atoms with Gasteiger partial charge in [0.15, 0.2) is 6.29 Å². The van der Waals surface area contributed by atoms with E-state index in [2.05, 4.69) is 0 Å². The number of hydrogen-bond acceptors (Lipinski definition) is 2. The Labute approximate surface area is 83.9 Å². The minimum Gasteiger partial charge on any atom is -0.478 e. The lowest BCUT2D eigenvalue weighted by molar-refractivity contribution is 0.0697. The normalized spacial score (nSPS) is 9.69. The first-order chi connectivity index (χ1) is 6.07. The van der Waals surface area contributed by atoms with Crippen LogP contribution < -0.4 is 0 Å². The Hall–Kier alpha value is -1.06. The van der Waals surface area contributed by atoms with Crippen molar-refractivity contribution in [3.8, 4) is 0 Å². The predicted molar refractivity (Wildman–Crippen MR) is 48.8 cm³/mol. The van der Waals surface area contributed by atoms with E-state index in [1.807, 2.05) is 0 Å². The minimum absolute atomic E-state index is 0.00299. The molecule has 0 aliphatic rings. The molecule has 0 spiro atoms. The molecule has 0 unspecified atom stereocenters. The first kappa shape index (κ1) is 10.0. The lowest BCUT2D eigenvalue weighted by Gasteiger charge is -2.02. The lowest BCUT2D eigenvalue weighted by Crippen LogP contribution is -1.99. The van der Waals surface area contributed by atoms with Gasteiger partial charge >= 0.3 is 5.97 Å². The average molecular weight is 219 g/mol. The van der Waals surface area contributed by atoms with Crippen LogP contribution in [0.25, 0.3) is 0 Å². The van der Waals surface area contributed by atoms with Crippen LogP contribution in [0.1, 0.15) is 20.7 Å². The fraction of sp³-hybridized carbons (Fsp3) is 0. The number of benzene rings is 1. The highest BCUT2D eigenvalue weighted by Crippen LogP contribution is 2.26. The second-order valence-corrected chi connectivity index (χ2v) is 3.03. The van der Waals surface area contributed by atoms with E-state index in [1.165, 1.54) is 12.1 Å². The highest BCUT2D eigenvalue weighted by molar-refractivity contribution is 6.40. The first-order valence-electron chi connectivity index (χ1n) is 3.24. The van der Waals surface area contributed by atoms with Crippen molar-refractivity contribution in [3.63, 3.8) is 0 Å². The Balaban J connectivity index is 3.44. The van der Waals surface area contributed by atoms with Crippen LogP contribution in [0.4, 0.5) is 0 Å². The highest BCUT2D eigenvalue weighted by atomic mass is 35.5. The smallest absolute Gasteiger partial charge is 0.337 e. The molecule has 0 bridgehead atoms. The summed E-state index contributed by atoms with van der Waals surface area (Å²) in [6, 6.07) is 2.57. The fourth-order valence-corrected chi connectivity index (χ4v) is 1.38. The largest absolute Gasteiger partial charge is 0.478 e. The molecule has 0 atom stereocenters. The van der Waals surface area contributed by atoms with Gasteiger partial charge in [-0.1, -0.05) is 23.2 Å². The van der Waals surface area contributed by atoms with Gasteiger partial charge in [0.2, 0.25) is 0 Å². The summed E-state index contributed by atoms with van der Waals surface area (Å²) in [4.78, 5) is 21.0. The molecule has 1 aromatic carbocycles. The third-order valence-electron chi connectivity index (χ3n) is 1.47. The summed E-state index contributed by atoms with van der Waals surface area (Å²) in [5.41, 5.74) is -0.128. The molecule has 1 N–H and O–H groups in total. The zero-order valence-electron chi connectivity index (χ0n) is 6.25. The topological polar surface area (TPSA) is 54.4 Å². The van der Waals surface area contributed by atoms with Gasteiger partial charge in [0.1, 0.15) is 0 Å². The van der Waals surface area contributed by atoms with E-state index in [1.54, 1.807) is 0 Å². The van der Waals surface area contributed by atoms with Crippen molar-refractivity contribution >= 4 is 35.5 Å². The summed E-state index contributed by atoms with van der Waals surface area (Å²) in [6.45, 7) is 0. The summed E-state index contributed by atoms with van der Waals surface area (Å²) in [7, 11) is 0. The molecular formula is C8H4Cl2O3. The summed E-state index contributed by atoms with van der Waals surface area (Å²) in [5.74, 6) is -1.19. The van der Waals surface area contributed by atoms with E-state index in [9.17, 15) is 9.59 Å². The number of carbonyl (C=O) groups excluding carboxylic acids is 1. The fourth-order valence-electron chi connectivity index (χ4n) is 0.843. The van der Waals surface area contributed by atoms with Crippen LogP contribution >= 0.6 is 23.2 Å². The molecule has 0 saturated carbocycles. The van der Waals surface area contributed by atoms with Crippen molar-refractivity contribution in [2.24, 2.45) is 0 Å². The summed E-state index contributed by atoms with van der Waals surface area (Å²) >= 11 is 11.2. The van der Waals surface area contributed by atoms with Crippen LogP contribution in [0.5, 0.6) is 0 Å². The van der Waals surface area contributed by atoms with Crippen LogP contribution in [0.3, 0.4) is 0 Å². The first-order valence-corrected chi connectivity index (χ1v) is 4.00. The van der Waals surface area contributed by atoms with Crippen LogP contribution in [0.15, 0.2) is 12.1 Å². The number of carboxylic acids is 1. The van der Waals surface area contributed by atoms with E-state index in [4.69, 9.17) is 28.3 Å². The van der Waals surface area contributed by atoms with Crippen molar-refractivity contribution in [1.82, 2.24) is 0 Å². The zero-order chi connectivity index (χ0) is 10.0. The molecule has 1 rings (SSSR count). The Morgan fingerprint density at radius 2 is 2.00 bits per heavy atom. The van der Waals surface area contributed by atoms with Gasteiger partial charge in [-0.2, -0.15) is 0 Å². The van der Waals surface area contributed by atoms with Crippen LogP contribution in [0, 0.1) is 0 Å². The third kappa shape index (κ3) is 1.82. The number of aromatic carboxylic acids is 1. The highest BCUT2D eigenvalue weighted by Gasteiger charge is 2.14. The van der Waals surface area contributed by atoms with Crippen molar-refractivity contribution < 1.29 is 14.7 Å². The van der Waals surface area contributed by atoms with Gasteiger partial charge in [-0.15, -0.1) is 0 Å². The second-order valence-electron chi connectivity index (χ2n) is 2.25. The molecule has 13 heavy (non-hydrogen) atoms. The molecule has 68 valence electrons. The molecule has 0 aromatic heterocycles. The maximum atomic E-state index is 10.6. The van der Waals surface area contributed by atoms with E-state index in [0.29, 0.717) is 6.29 Å². The van der Waals surface area contributed by atoms with Crippen LogP contribution in [-0.2, 0) is 0 Å².